The zero-order valence-electron chi connectivity index (χ0n) is 12.6. The molecule has 1 aliphatic heterocycles. The largest absolute Gasteiger partial charge is 0.264 e. The third-order valence-electron chi connectivity index (χ3n) is 4.76. The minimum absolute atomic E-state index is 1.25. The number of thiophene rings is 1. The van der Waals surface area contributed by atoms with Gasteiger partial charge in [0.05, 0.1) is 0 Å². The molecule has 1 aliphatic rings. The SMILES string of the molecule is c1ccc2c(c1)sc1cc3c4c(cccc4c12)Sc1cnccc1-3. The summed E-state index contributed by atoms with van der Waals surface area (Å²) < 4.78 is 2.73. The van der Waals surface area contributed by atoms with Gasteiger partial charge in [-0.25, -0.2) is 0 Å². The molecule has 3 heteroatoms. The molecule has 2 aromatic heterocycles. The van der Waals surface area contributed by atoms with Crippen LogP contribution in [-0.4, -0.2) is 4.98 Å². The van der Waals surface area contributed by atoms with Gasteiger partial charge < -0.3 is 0 Å². The van der Waals surface area contributed by atoms with Gasteiger partial charge in [-0.15, -0.1) is 11.3 Å². The third kappa shape index (κ3) is 1.58. The Bertz CT molecular complexity index is 1280. The van der Waals surface area contributed by atoms with Crippen molar-refractivity contribution >= 4 is 54.0 Å². The Morgan fingerprint density at radius 1 is 0.708 bits per heavy atom. The second-order valence-electron chi connectivity index (χ2n) is 6.05. The number of hydrogen-bond donors (Lipinski definition) is 0. The number of pyridine rings is 1. The summed E-state index contributed by atoms with van der Waals surface area (Å²) in [6.07, 6.45) is 3.88. The van der Waals surface area contributed by atoms with E-state index >= 15 is 0 Å². The topological polar surface area (TPSA) is 12.9 Å². The van der Waals surface area contributed by atoms with Gasteiger partial charge in [-0.3, -0.25) is 4.98 Å². The average molecular weight is 341 g/mol. The Kier molecular flexibility index (Phi) is 2.49. The summed E-state index contributed by atoms with van der Waals surface area (Å²) in [5.41, 5.74) is 2.65. The molecule has 0 spiro atoms. The molecule has 5 aromatic rings. The minimum Gasteiger partial charge on any atom is -0.264 e. The van der Waals surface area contributed by atoms with Crippen molar-refractivity contribution in [3.8, 4) is 11.1 Å². The molecular weight excluding hydrogens is 330 g/mol. The van der Waals surface area contributed by atoms with Crippen LogP contribution in [0.4, 0.5) is 0 Å². The number of nitrogens with zero attached hydrogens (tertiary/aromatic N) is 1. The Balaban J connectivity index is 1.91. The second-order valence-corrected chi connectivity index (χ2v) is 8.22. The highest BCUT2D eigenvalue weighted by Crippen LogP contribution is 2.51. The molecule has 0 amide bonds. The van der Waals surface area contributed by atoms with Gasteiger partial charge in [0.2, 0.25) is 0 Å². The Morgan fingerprint density at radius 3 is 2.62 bits per heavy atom. The number of benzene rings is 3. The van der Waals surface area contributed by atoms with Crippen LogP contribution in [0.5, 0.6) is 0 Å². The van der Waals surface area contributed by atoms with E-state index in [0.29, 0.717) is 0 Å². The number of hydrogen-bond acceptors (Lipinski definition) is 3. The fourth-order valence-electron chi connectivity index (χ4n) is 3.76. The molecule has 0 aliphatic carbocycles. The summed E-state index contributed by atoms with van der Waals surface area (Å²) in [7, 11) is 0. The van der Waals surface area contributed by atoms with Gasteiger partial charge in [0.15, 0.2) is 0 Å². The highest BCUT2D eigenvalue weighted by Gasteiger charge is 2.21. The average Bonchev–Trinajstić information content (AvgIpc) is 3.00. The van der Waals surface area contributed by atoms with E-state index in [-0.39, 0.29) is 0 Å². The van der Waals surface area contributed by atoms with Crippen molar-refractivity contribution in [3.05, 3.63) is 67.0 Å². The molecule has 3 heterocycles. The zero-order valence-corrected chi connectivity index (χ0v) is 14.2. The van der Waals surface area contributed by atoms with Gasteiger partial charge in [0, 0.05) is 47.7 Å². The number of rotatable bonds is 0. The first-order valence-corrected chi connectivity index (χ1v) is 9.53. The zero-order chi connectivity index (χ0) is 15.7. The van der Waals surface area contributed by atoms with E-state index in [1.165, 1.54) is 51.9 Å². The monoisotopic (exact) mass is 341 g/mol. The maximum atomic E-state index is 4.31. The molecule has 6 rings (SSSR count). The van der Waals surface area contributed by atoms with E-state index < -0.39 is 0 Å². The smallest absolute Gasteiger partial charge is 0.0413 e. The molecule has 0 bridgehead atoms. The lowest BCUT2D eigenvalue weighted by atomic mass is 9.95. The van der Waals surface area contributed by atoms with Crippen LogP contribution in [0.25, 0.3) is 42.1 Å². The summed E-state index contributed by atoms with van der Waals surface area (Å²) in [4.78, 5) is 6.90. The quantitative estimate of drug-likeness (QED) is 0.304. The molecule has 0 saturated carbocycles. The van der Waals surface area contributed by atoms with Crippen LogP contribution in [0.3, 0.4) is 0 Å². The van der Waals surface area contributed by atoms with Gasteiger partial charge >= 0.3 is 0 Å². The van der Waals surface area contributed by atoms with Crippen molar-refractivity contribution in [2.24, 2.45) is 0 Å². The first-order chi connectivity index (χ1) is 11.9. The maximum absolute atomic E-state index is 4.31. The predicted molar refractivity (Wildman–Crippen MR) is 104 cm³/mol. The van der Waals surface area contributed by atoms with Gasteiger partial charge in [-0.1, -0.05) is 42.1 Å². The molecule has 0 unspecified atom stereocenters. The molecule has 3 aromatic carbocycles. The normalized spacial score (nSPS) is 12.8. The molecule has 0 atom stereocenters. The lowest BCUT2D eigenvalue weighted by Crippen LogP contribution is -1.93. The summed E-state index contributed by atoms with van der Waals surface area (Å²) in [6, 6.07) is 19.9. The van der Waals surface area contributed by atoms with E-state index in [9.17, 15) is 0 Å². The van der Waals surface area contributed by atoms with Gasteiger partial charge in [0.1, 0.15) is 0 Å². The molecule has 112 valence electrons. The van der Waals surface area contributed by atoms with Gasteiger partial charge in [0.25, 0.3) is 0 Å². The summed E-state index contributed by atoms with van der Waals surface area (Å²) >= 11 is 3.72. The van der Waals surface area contributed by atoms with E-state index in [4.69, 9.17) is 0 Å². The van der Waals surface area contributed by atoms with Crippen molar-refractivity contribution in [1.29, 1.82) is 0 Å². The van der Waals surface area contributed by atoms with Gasteiger partial charge in [-0.2, -0.15) is 0 Å². The van der Waals surface area contributed by atoms with E-state index in [2.05, 4.69) is 59.6 Å². The Hall–Kier alpha value is -2.36. The molecule has 0 radical (unpaired) electrons. The standard InChI is InChI=1S/C21H11NS2/c1-2-6-16-13(4-1)20-14-5-3-7-17-21(14)15(10-18(20)23-16)12-8-9-22-11-19(12)24-17/h1-11H. The van der Waals surface area contributed by atoms with Crippen molar-refractivity contribution in [2.45, 2.75) is 9.79 Å². The van der Waals surface area contributed by atoms with Crippen LogP contribution in [0, 0.1) is 0 Å². The van der Waals surface area contributed by atoms with Crippen molar-refractivity contribution < 1.29 is 0 Å². The van der Waals surface area contributed by atoms with Crippen molar-refractivity contribution in [3.63, 3.8) is 0 Å². The molecule has 0 N–H and O–H groups in total. The molecular formula is C21H11NS2. The first-order valence-electron chi connectivity index (χ1n) is 7.89. The summed E-state index contributed by atoms with van der Waals surface area (Å²) in [6.45, 7) is 0. The molecule has 24 heavy (non-hydrogen) atoms. The predicted octanol–water partition coefficient (Wildman–Crippen LogP) is 6.73. The van der Waals surface area contributed by atoms with Crippen molar-refractivity contribution in [1.82, 2.24) is 4.98 Å². The molecule has 1 nitrogen and oxygen atoms in total. The van der Waals surface area contributed by atoms with Crippen LogP contribution in [-0.2, 0) is 0 Å². The second kappa shape index (κ2) is 4.59. The first kappa shape index (κ1) is 13.0. The van der Waals surface area contributed by atoms with Gasteiger partial charge in [-0.05, 0) is 40.8 Å². The van der Waals surface area contributed by atoms with E-state index in [0.717, 1.165) is 0 Å². The lowest BCUT2D eigenvalue weighted by molar-refractivity contribution is 1.23. The van der Waals surface area contributed by atoms with Crippen LogP contribution >= 0.6 is 23.1 Å². The van der Waals surface area contributed by atoms with E-state index in [1.54, 1.807) is 0 Å². The Morgan fingerprint density at radius 2 is 1.62 bits per heavy atom. The van der Waals surface area contributed by atoms with Crippen LogP contribution in [0.15, 0.2) is 76.8 Å². The fourth-order valence-corrected chi connectivity index (χ4v) is 6.03. The number of fused-ring (bicyclic) bond motifs is 6. The van der Waals surface area contributed by atoms with Crippen LogP contribution < -0.4 is 0 Å². The highest BCUT2D eigenvalue weighted by molar-refractivity contribution is 7.99. The van der Waals surface area contributed by atoms with Crippen LogP contribution in [0.1, 0.15) is 0 Å². The summed E-state index contributed by atoms with van der Waals surface area (Å²) in [5, 5.41) is 5.52. The minimum atomic E-state index is 1.25. The molecule has 0 fully saturated rings. The fraction of sp³-hybridized carbons (Fsp3) is 0. The highest BCUT2D eigenvalue weighted by atomic mass is 32.2. The lowest BCUT2D eigenvalue weighted by Gasteiger charge is -2.20. The van der Waals surface area contributed by atoms with Crippen molar-refractivity contribution in [2.75, 3.05) is 0 Å². The summed E-state index contributed by atoms with van der Waals surface area (Å²) in [5.74, 6) is 0. The molecule has 0 saturated heterocycles. The maximum Gasteiger partial charge on any atom is 0.0413 e. The van der Waals surface area contributed by atoms with Crippen LogP contribution in [0.2, 0.25) is 0 Å². The third-order valence-corrected chi connectivity index (χ3v) is 6.98. The Labute approximate surface area is 147 Å². The number of aromatic nitrogens is 1. The van der Waals surface area contributed by atoms with E-state index in [1.807, 2.05) is 35.5 Å².